The van der Waals surface area contributed by atoms with Crippen LogP contribution in [0.15, 0.2) is 41.3 Å². The molecule has 1 heterocycles. The molecule has 12 heteroatoms. The number of aromatic carboxylic acids is 1. The highest BCUT2D eigenvalue weighted by molar-refractivity contribution is 7.92. The van der Waals surface area contributed by atoms with Crippen molar-refractivity contribution in [3.05, 3.63) is 47.5 Å². The first-order chi connectivity index (χ1) is 15.9. The summed E-state index contributed by atoms with van der Waals surface area (Å²) in [4.78, 5) is 12.6. The number of anilines is 2. The fourth-order valence-electron chi connectivity index (χ4n) is 4.68. The Balaban J connectivity index is 1.77. The van der Waals surface area contributed by atoms with Gasteiger partial charge in [0.05, 0.1) is 35.7 Å². The number of hydrogen-bond donors (Lipinski definition) is 3. The van der Waals surface area contributed by atoms with Gasteiger partial charge in [-0.3, -0.25) is 4.72 Å². The molecule has 2 aliphatic rings. The zero-order valence-electron chi connectivity index (χ0n) is 18.0. The van der Waals surface area contributed by atoms with Gasteiger partial charge >= 0.3 is 12.1 Å². The highest BCUT2D eigenvalue weighted by Crippen LogP contribution is 2.42. The van der Waals surface area contributed by atoms with Crippen molar-refractivity contribution in [2.75, 3.05) is 29.8 Å². The topological polar surface area (TPSA) is 116 Å². The molecule has 1 saturated carbocycles. The molecule has 1 aliphatic heterocycles. The molecule has 2 unspecified atom stereocenters. The summed E-state index contributed by atoms with van der Waals surface area (Å²) in [6.45, 7) is 0.741. The summed E-state index contributed by atoms with van der Waals surface area (Å²) in [6.07, 6.45) is -3.64. The Labute approximate surface area is 194 Å². The lowest BCUT2D eigenvalue weighted by Gasteiger charge is -2.38. The number of piperidine rings is 1. The third-order valence-electron chi connectivity index (χ3n) is 6.39. The van der Waals surface area contributed by atoms with Crippen LogP contribution in [0.3, 0.4) is 0 Å². The van der Waals surface area contributed by atoms with Crippen molar-refractivity contribution >= 4 is 27.4 Å². The summed E-state index contributed by atoms with van der Waals surface area (Å²) >= 11 is 0. The van der Waals surface area contributed by atoms with Crippen LogP contribution in [0.1, 0.15) is 28.8 Å². The van der Waals surface area contributed by atoms with E-state index in [2.05, 4.69) is 4.72 Å². The van der Waals surface area contributed by atoms with E-state index in [4.69, 9.17) is 4.74 Å². The molecule has 4 rings (SSSR count). The van der Waals surface area contributed by atoms with E-state index in [0.717, 1.165) is 37.1 Å². The van der Waals surface area contributed by atoms with Crippen LogP contribution < -0.4 is 14.4 Å². The number of nitrogens with one attached hydrogen (secondary N) is 1. The monoisotopic (exact) mass is 500 g/mol. The summed E-state index contributed by atoms with van der Waals surface area (Å²) < 4.78 is 74.0. The maximum absolute atomic E-state index is 13.4. The Morgan fingerprint density at radius 1 is 1.12 bits per heavy atom. The minimum absolute atomic E-state index is 0.0576. The molecule has 2 aromatic rings. The number of nitrogens with zero attached hydrogens (tertiary/aromatic N) is 1. The van der Waals surface area contributed by atoms with E-state index in [1.54, 1.807) is 4.90 Å². The van der Waals surface area contributed by atoms with Crippen LogP contribution >= 0.6 is 0 Å². The van der Waals surface area contributed by atoms with Gasteiger partial charge in [-0.2, -0.15) is 13.2 Å². The third kappa shape index (κ3) is 4.51. The number of rotatable bonds is 6. The van der Waals surface area contributed by atoms with Crippen LogP contribution in [0.2, 0.25) is 0 Å². The fraction of sp³-hybridized carbons (Fsp3) is 0.409. The van der Waals surface area contributed by atoms with Crippen LogP contribution in [0.5, 0.6) is 5.75 Å². The molecule has 0 radical (unpaired) electrons. The number of fused-ring (bicyclic) bond motifs is 2. The fourth-order valence-corrected chi connectivity index (χ4v) is 5.94. The number of aliphatic hydroxyl groups excluding tert-OH is 1. The molecule has 2 fully saturated rings. The Kier molecular flexibility index (Phi) is 6.15. The van der Waals surface area contributed by atoms with Crippen molar-refractivity contribution in [1.82, 2.24) is 0 Å². The van der Waals surface area contributed by atoms with Crippen molar-refractivity contribution in [3.8, 4) is 5.75 Å². The standard InChI is InChI=1S/C22H23F3N2O6S/c1-33-18-7-4-12(21(29)30)8-19(18)34(31,32)26-16-9-15(22(23,24)25)5-6-17(16)27-10-13-2-3-14(11-27)20(13)28/h4-9,13-14,20,26,28H,2-3,10-11H2,1H3,(H,29,30). The molecular weight excluding hydrogens is 477 g/mol. The summed E-state index contributed by atoms with van der Waals surface area (Å²) in [6, 6.07) is 6.01. The predicted octanol–water partition coefficient (Wildman–Crippen LogP) is 3.42. The number of benzene rings is 2. The maximum atomic E-state index is 13.4. The van der Waals surface area contributed by atoms with E-state index >= 15 is 0 Å². The number of carboxylic acid groups (broad SMARTS) is 1. The molecular formula is C22H23F3N2O6S. The lowest BCUT2D eigenvalue weighted by Crippen LogP contribution is -2.45. The number of ether oxygens (including phenoxy) is 1. The van der Waals surface area contributed by atoms with Crippen molar-refractivity contribution in [2.45, 2.75) is 30.0 Å². The second-order valence-corrected chi connectivity index (χ2v) is 10.1. The van der Waals surface area contributed by atoms with Crippen LogP contribution in [0.25, 0.3) is 0 Å². The van der Waals surface area contributed by atoms with E-state index in [1.165, 1.54) is 13.2 Å². The molecule has 1 aliphatic carbocycles. The Bertz CT molecular complexity index is 1200. The summed E-state index contributed by atoms with van der Waals surface area (Å²) in [7, 11) is -3.35. The van der Waals surface area contributed by atoms with Crippen molar-refractivity contribution in [1.29, 1.82) is 0 Å². The predicted molar refractivity (Wildman–Crippen MR) is 117 cm³/mol. The number of hydrogen-bond acceptors (Lipinski definition) is 6. The number of halogens is 3. The Hall–Kier alpha value is -2.99. The molecule has 2 aromatic carbocycles. The summed E-state index contributed by atoms with van der Waals surface area (Å²) in [5.74, 6) is -1.65. The van der Waals surface area contributed by atoms with E-state index in [0.29, 0.717) is 19.2 Å². The third-order valence-corrected chi connectivity index (χ3v) is 7.78. The van der Waals surface area contributed by atoms with E-state index in [-0.39, 0.29) is 34.5 Å². The van der Waals surface area contributed by atoms with Gasteiger partial charge in [-0.15, -0.1) is 0 Å². The Morgan fingerprint density at radius 2 is 1.76 bits per heavy atom. The van der Waals surface area contributed by atoms with Crippen LogP contribution in [0, 0.1) is 11.8 Å². The minimum Gasteiger partial charge on any atom is -0.495 e. The van der Waals surface area contributed by atoms with Crippen LogP contribution in [0.4, 0.5) is 24.5 Å². The smallest absolute Gasteiger partial charge is 0.416 e. The van der Waals surface area contributed by atoms with E-state index < -0.39 is 38.7 Å². The molecule has 34 heavy (non-hydrogen) atoms. The largest absolute Gasteiger partial charge is 0.495 e. The lowest BCUT2D eigenvalue weighted by molar-refractivity contribution is -0.137. The van der Waals surface area contributed by atoms with Crippen molar-refractivity contribution in [2.24, 2.45) is 11.8 Å². The van der Waals surface area contributed by atoms with E-state index in [9.17, 15) is 36.6 Å². The molecule has 0 amide bonds. The zero-order valence-corrected chi connectivity index (χ0v) is 18.9. The van der Waals surface area contributed by atoms with Gasteiger partial charge in [0.2, 0.25) is 0 Å². The van der Waals surface area contributed by atoms with E-state index in [1.807, 2.05) is 0 Å². The minimum atomic E-state index is -4.71. The molecule has 184 valence electrons. The number of methoxy groups -OCH3 is 1. The maximum Gasteiger partial charge on any atom is 0.416 e. The first-order valence-electron chi connectivity index (χ1n) is 10.5. The van der Waals surface area contributed by atoms with Gasteiger partial charge in [0.25, 0.3) is 10.0 Å². The summed E-state index contributed by atoms with van der Waals surface area (Å²) in [5, 5.41) is 19.5. The van der Waals surface area contributed by atoms with Gasteiger partial charge in [-0.25, -0.2) is 13.2 Å². The number of carbonyl (C=O) groups is 1. The van der Waals surface area contributed by atoms with Crippen molar-refractivity contribution < 1.29 is 41.3 Å². The zero-order chi connectivity index (χ0) is 24.8. The van der Waals surface area contributed by atoms with Crippen LogP contribution in [-0.4, -0.2) is 50.9 Å². The molecule has 3 N–H and O–H groups in total. The average Bonchev–Trinajstić information content (AvgIpc) is 2.97. The van der Waals surface area contributed by atoms with Crippen LogP contribution in [-0.2, 0) is 16.2 Å². The number of sulfonamides is 1. The SMILES string of the molecule is COc1ccc(C(=O)O)cc1S(=O)(=O)Nc1cc(C(F)(F)F)ccc1N1CC2CCC(C1)C2O. The first-order valence-corrected chi connectivity index (χ1v) is 12.0. The molecule has 2 bridgehead atoms. The lowest BCUT2D eigenvalue weighted by atomic mass is 9.94. The molecule has 0 spiro atoms. The van der Waals surface area contributed by atoms with Gasteiger partial charge in [-0.05, 0) is 49.2 Å². The van der Waals surface area contributed by atoms with Gasteiger partial charge in [-0.1, -0.05) is 0 Å². The first kappa shape index (κ1) is 24.1. The quantitative estimate of drug-likeness (QED) is 0.557. The number of aliphatic hydroxyl groups is 1. The normalized spacial score (nSPS) is 22.5. The highest BCUT2D eigenvalue weighted by atomic mass is 32.2. The number of carboxylic acids is 1. The second-order valence-electron chi connectivity index (χ2n) is 8.50. The molecule has 1 saturated heterocycles. The van der Waals surface area contributed by atoms with Crippen molar-refractivity contribution in [3.63, 3.8) is 0 Å². The highest BCUT2D eigenvalue weighted by Gasteiger charge is 2.42. The van der Waals surface area contributed by atoms with Gasteiger partial charge < -0.3 is 19.8 Å². The average molecular weight is 500 g/mol. The molecule has 8 nitrogen and oxygen atoms in total. The van der Waals surface area contributed by atoms with Gasteiger partial charge in [0.15, 0.2) is 0 Å². The summed E-state index contributed by atoms with van der Waals surface area (Å²) in [5.41, 5.74) is -1.42. The molecule has 0 aromatic heterocycles. The second kappa shape index (κ2) is 8.66. The van der Waals surface area contributed by atoms with Gasteiger partial charge in [0, 0.05) is 24.9 Å². The number of alkyl halides is 3. The Morgan fingerprint density at radius 3 is 2.32 bits per heavy atom. The van der Waals surface area contributed by atoms with Gasteiger partial charge in [0.1, 0.15) is 10.6 Å². The molecule has 2 atom stereocenters.